The highest BCUT2D eigenvalue weighted by atomic mass is 32.1. The Morgan fingerprint density at radius 3 is 2.72 bits per heavy atom. The third-order valence-electron chi connectivity index (χ3n) is 6.69. The summed E-state index contributed by atoms with van der Waals surface area (Å²) in [5.74, 6) is 0.549. The smallest absolute Gasteiger partial charge is 0.220 e. The molecule has 29 heavy (non-hydrogen) atoms. The van der Waals surface area contributed by atoms with Crippen molar-refractivity contribution in [2.24, 2.45) is 0 Å². The van der Waals surface area contributed by atoms with Crippen molar-refractivity contribution in [3.8, 4) is 0 Å². The van der Waals surface area contributed by atoms with Crippen molar-refractivity contribution in [2.45, 2.75) is 43.6 Å². The summed E-state index contributed by atoms with van der Waals surface area (Å²) >= 11 is 1.86. The molecule has 1 amide bonds. The number of nitrogens with one attached hydrogen (secondary N) is 1. The van der Waals surface area contributed by atoms with Crippen molar-refractivity contribution in [1.82, 2.24) is 15.1 Å². The van der Waals surface area contributed by atoms with Crippen LogP contribution in [0.15, 0.2) is 41.8 Å². The number of piperidine rings is 1. The second-order valence-electron chi connectivity index (χ2n) is 8.98. The molecule has 1 aliphatic heterocycles. The third kappa shape index (κ3) is 4.73. The number of amides is 1. The Bertz CT molecular complexity index is 809. The summed E-state index contributed by atoms with van der Waals surface area (Å²) in [7, 11) is 4.07. The molecule has 1 fully saturated rings. The molecule has 2 aromatic rings. The Morgan fingerprint density at radius 1 is 1.21 bits per heavy atom. The molecule has 5 heteroatoms. The summed E-state index contributed by atoms with van der Waals surface area (Å²) in [6.07, 6.45) is 4.15. The maximum atomic E-state index is 12.6. The van der Waals surface area contributed by atoms with Crippen LogP contribution in [0.2, 0.25) is 0 Å². The summed E-state index contributed by atoms with van der Waals surface area (Å²) in [4.78, 5) is 18.7. The molecule has 0 bridgehead atoms. The molecule has 1 aromatic heterocycles. The van der Waals surface area contributed by atoms with E-state index in [1.54, 1.807) is 0 Å². The summed E-state index contributed by atoms with van der Waals surface area (Å²) in [5, 5.41) is 5.28. The lowest BCUT2D eigenvalue weighted by Crippen LogP contribution is -2.41. The van der Waals surface area contributed by atoms with Crippen LogP contribution >= 0.6 is 11.3 Å². The molecule has 1 aliphatic carbocycles. The Balaban J connectivity index is 1.40. The molecule has 4 rings (SSSR count). The zero-order valence-electron chi connectivity index (χ0n) is 17.7. The highest BCUT2D eigenvalue weighted by molar-refractivity contribution is 7.09. The minimum atomic E-state index is 0.193. The van der Waals surface area contributed by atoms with E-state index >= 15 is 0 Å². The van der Waals surface area contributed by atoms with Crippen LogP contribution in [0.25, 0.3) is 0 Å². The molecule has 0 unspecified atom stereocenters. The van der Waals surface area contributed by atoms with Gasteiger partial charge in [0.1, 0.15) is 0 Å². The van der Waals surface area contributed by atoms with Crippen LogP contribution in [0.3, 0.4) is 0 Å². The minimum Gasteiger partial charge on any atom is -0.355 e. The zero-order chi connectivity index (χ0) is 20.3. The Morgan fingerprint density at radius 2 is 2.00 bits per heavy atom. The number of nitrogens with zero attached hydrogens (tertiary/aromatic N) is 2. The molecule has 1 aromatic carbocycles. The maximum Gasteiger partial charge on any atom is 0.220 e. The van der Waals surface area contributed by atoms with Gasteiger partial charge in [-0.3, -0.25) is 9.69 Å². The zero-order valence-corrected chi connectivity index (χ0v) is 18.5. The molecule has 1 saturated heterocycles. The van der Waals surface area contributed by atoms with Crippen LogP contribution in [-0.2, 0) is 16.8 Å². The van der Waals surface area contributed by atoms with Crippen molar-refractivity contribution in [3.05, 3.63) is 57.8 Å². The second-order valence-corrected chi connectivity index (χ2v) is 10.0. The molecule has 156 valence electrons. The lowest BCUT2D eigenvalue weighted by atomic mass is 9.73. The van der Waals surface area contributed by atoms with E-state index in [1.165, 1.54) is 28.8 Å². The first-order chi connectivity index (χ1) is 14.1. The van der Waals surface area contributed by atoms with Gasteiger partial charge in [-0.25, -0.2) is 0 Å². The first kappa shape index (κ1) is 20.6. The van der Waals surface area contributed by atoms with E-state index < -0.39 is 0 Å². The number of benzene rings is 1. The molecule has 0 radical (unpaired) electrons. The van der Waals surface area contributed by atoms with Gasteiger partial charge in [0, 0.05) is 30.9 Å². The Labute approximate surface area is 178 Å². The van der Waals surface area contributed by atoms with Gasteiger partial charge in [0.15, 0.2) is 0 Å². The highest BCUT2D eigenvalue weighted by Gasteiger charge is 2.45. The number of fused-ring (bicyclic) bond motifs is 2. The number of carbonyl (C=O) groups is 1. The number of thiophene rings is 1. The number of likely N-dealkylation sites (tertiary alicyclic amines) is 1. The normalized spacial score (nSPS) is 20.9. The average Bonchev–Trinajstić information content (AvgIpc) is 3.31. The molecular weight excluding hydrogens is 378 g/mol. The lowest BCUT2D eigenvalue weighted by molar-refractivity contribution is -0.121. The van der Waals surface area contributed by atoms with Gasteiger partial charge >= 0.3 is 0 Å². The molecule has 1 N–H and O–H groups in total. The van der Waals surface area contributed by atoms with Crippen LogP contribution in [0, 0.1) is 0 Å². The molecular formula is C24H33N3OS. The minimum absolute atomic E-state index is 0.193. The molecule has 1 atom stereocenters. The number of carbonyl (C=O) groups excluding carboxylic acids is 1. The quantitative estimate of drug-likeness (QED) is 0.752. The highest BCUT2D eigenvalue weighted by Crippen LogP contribution is 2.52. The first-order valence-electron chi connectivity index (χ1n) is 10.8. The number of likely N-dealkylation sites (N-methyl/N-ethyl adjacent to an activating group) is 1. The van der Waals surface area contributed by atoms with Crippen LogP contribution in [-0.4, -0.2) is 56.0 Å². The summed E-state index contributed by atoms with van der Waals surface area (Å²) in [6.45, 7) is 4.98. The van der Waals surface area contributed by atoms with E-state index in [1.807, 2.05) is 25.4 Å². The van der Waals surface area contributed by atoms with E-state index in [0.717, 1.165) is 39.1 Å². The van der Waals surface area contributed by atoms with E-state index in [9.17, 15) is 4.79 Å². The van der Waals surface area contributed by atoms with Gasteiger partial charge in [-0.15, -0.1) is 11.3 Å². The predicted molar refractivity (Wildman–Crippen MR) is 120 cm³/mol. The van der Waals surface area contributed by atoms with Crippen molar-refractivity contribution in [3.63, 3.8) is 0 Å². The lowest BCUT2D eigenvalue weighted by Gasteiger charge is -2.40. The Hall–Kier alpha value is -1.69. The average molecular weight is 412 g/mol. The van der Waals surface area contributed by atoms with Gasteiger partial charge < -0.3 is 10.2 Å². The molecule has 2 heterocycles. The van der Waals surface area contributed by atoms with Gasteiger partial charge in [0.25, 0.3) is 0 Å². The number of hydrogen-bond acceptors (Lipinski definition) is 4. The van der Waals surface area contributed by atoms with Crippen LogP contribution in [0.4, 0.5) is 0 Å². The first-order valence-corrected chi connectivity index (χ1v) is 11.7. The standard InChI is InChI=1S/C24H33N3OS/c1-26(2)14-11-25-23(28)16-19-17-24(22-8-4-3-7-21(19)22)9-12-27(13-10-24)18-20-6-5-15-29-20/h3-8,15,19H,9-14,16-18H2,1-2H3,(H,25,28)/t19-/m0/s1. The second kappa shape index (κ2) is 8.99. The van der Waals surface area contributed by atoms with Crippen molar-refractivity contribution >= 4 is 17.2 Å². The summed E-state index contributed by atoms with van der Waals surface area (Å²) < 4.78 is 0. The molecule has 0 saturated carbocycles. The van der Waals surface area contributed by atoms with Crippen molar-refractivity contribution in [2.75, 3.05) is 40.3 Å². The fourth-order valence-electron chi connectivity index (χ4n) is 5.16. The van der Waals surface area contributed by atoms with E-state index in [0.29, 0.717) is 12.3 Å². The molecule has 2 aliphatic rings. The van der Waals surface area contributed by atoms with E-state index in [4.69, 9.17) is 0 Å². The van der Waals surface area contributed by atoms with Crippen molar-refractivity contribution < 1.29 is 4.79 Å². The van der Waals surface area contributed by atoms with Gasteiger partial charge in [-0.1, -0.05) is 30.3 Å². The van der Waals surface area contributed by atoms with Crippen LogP contribution < -0.4 is 5.32 Å². The van der Waals surface area contributed by atoms with Gasteiger partial charge in [-0.05, 0) is 80.4 Å². The molecule has 4 nitrogen and oxygen atoms in total. The number of rotatable bonds is 7. The van der Waals surface area contributed by atoms with Gasteiger partial charge in [-0.2, -0.15) is 0 Å². The molecule has 1 spiro atoms. The van der Waals surface area contributed by atoms with Crippen LogP contribution in [0.1, 0.15) is 47.6 Å². The topological polar surface area (TPSA) is 35.6 Å². The van der Waals surface area contributed by atoms with Gasteiger partial charge in [0.05, 0.1) is 0 Å². The van der Waals surface area contributed by atoms with Crippen LogP contribution in [0.5, 0.6) is 0 Å². The summed E-state index contributed by atoms with van der Waals surface area (Å²) in [6, 6.07) is 13.3. The predicted octanol–water partition coefficient (Wildman–Crippen LogP) is 3.84. The van der Waals surface area contributed by atoms with E-state index in [2.05, 4.69) is 56.9 Å². The monoisotopic (exact) mass is 411 g/mol. The summed E-state index contributed by atoms with van der Waals surface area (Å²) in [5.41, 5.74) is 3.20. The van der Waals surface area contributed by atoms with Crippen molar-refractivity contribution in [1.29, 1.82) is 0 Å². The van der Waals surface area contributed by atoms with Gasteiger partial charge in [0.2, 0.25) is 5.91 Å². The number of hydrogen-bond donors (Lipinski definition) is 1. The largest absolute Gasteiger partial charge is 0.355 e. The third-order valence-corrected chi connectivity index (χ3v) is 7.56. The SMILES string of the molecule is CN(C)CCNC(=O)C[C@H]1CC2(CCN(Cc3cccs3)CC2)c2ccccc21. The fraction of sp³-hybridized carbons (Fsp3) is 0.542. The van der Waals surface area contributed by atoms with E-state index in [-0.39, 0.29) is 11.3 Å². The fourth-order valence-corrected chi connectivity index (χ4v) is 5.91. The Kier molecular flexibility index (Phi) is 6.38. The maximum absolute atomic E-state index is 12.6.